The monoisotopic (exact) mass is 730 g/mol. The first kappa shape index (κ1) is 38.5. The number of aryl methyl sites for hydroxylation is 3. The van der Waals surface area contributed by atoms with Crippen LogP contribution in [0.2, 0.25) is 0 Å². The summed E-state index contributed by atoms with van der Waals surface area (Å²) < 4.78 is 12.7. The molecule has 4 aliphatic rings. The standard InChI is InChI=1S/C45H67N3O5/c1-4-5-13-42-32(28-49)23-33(53-42)16-14-31-15-17-41(51)43(22-31)52-29-40(48-44(3)18-6-7-19-44)38-24-35-36(27-46-26-30(2)50)34-11-10-12-37(34)45(20-8-9-21-45)25-39(35)47-38/h15,17,22-24,30,34,36-37,40,46-51H,4-14,16,18-21,25-29H2,1-3H3/t30-,34-,36-,37-,40-/m0/s1. The second-order valence-corrected chi connectivity index (χ2v) is 17.7. The van der Waals surface area contributed by atoms with Crippen molar-refractivity contribution < 1.29 is 24.5 Å². The van der Waals surface area contributed by atoms with E-state index in [1.165, 1.54) is 74.7 Å². The number of aromatic amines is 1. The van der Waals surface area contributed by atoms with Gasteiger partial charge in [0.1, 0.15) is 18.1 Å². The van der Waals surface area contributed by atoms with Crippen LogP contribution in [-0.2, 0) is 32.3 Å². The molecule has 0 saturated heterocycles. The normalized spacial score (nSPS) is 24.3. The third kappa shape index (κ3) is 8.71. The predicted octanol–water partition coefficient (Wildman–Crippen LogP) is 8.56. The van der Waals surface area contributed by atoms with Crippen LogP contribution in [0.3, 0.4) is 0 Å². The first-order valence-electron chi connectivity index (χ1n) is 21.2. The fraction of sp³-hybridized carbons (Fsp3) is 0.689. The van der Waals surface area contributed by atoms with Gasteiger partial charge in [-0.25, -0.2) is 0 Å². The number of hydrogen-bond acceptors (Lipinski definition) is 7. The van der Waals surface area contributed by atoms with Gasteiger partial charge >= 0.3 is 0 Å². The number of benzene rings is 1. The van der Waals surface area contributed by atoms with Crippen LogP contribution in [-0.4, -0.2) is 51.6 Å². The van der Waals surface area contributed by atoms with Crippen molar-refractivity contribution in [2.45, 2.75) is 160 Å². The molecule has 53 heavy (non-hydrogen) atoms. The van der Waals surface area contributed by atoms with E-state index in [1.54, 1.807) is 6.07 Å². The van der Waals surface area contributed by atoms with Crippen molar-refractivity contribution in [3.8, 4) is 11.5 Å². The van der Waals surface area contributed by atoms with Crippen LogP contribution < -0.4 is 15.4 Å². The Morgan fingerprint density at radius 3 is 2.55 bits per heavy atom. The number of aromatic nitrogens is 1. The van der Waals surface area contributed by atoms with Crippen LogP contribution >= 0.6 is 0 Å². The van der Waals surface area contributed by atoms with Crippen LogP contribution in [0.25, 0.3) is 0 Å². The Bertz CT molecular complexity index is 1630. The average molecular weight is 730 g/mol. The molecule has 5 atom stereocenters. The summed E-state index contributed by atoms with van der Waals surface area (Å²) in [6.45, 7) is 8.33. The molecule has 8 heteroatoms. The van der Waals surface area contributed by atoms with Gasteiger partial charge in [-0.3, -0.25) is 0 Å². The fourth-order valence-corrected chi connectivity index (χ4v) is 11.0. The Labute approximate surface area is 317 Å². The van der Waals surface area contributed by atoms with Crippen molar-refractivity contribution >= 4 is 0 Å². The molecule has 3 aromatic rings. The van der Waals surface area contributed by atoms with Gasteiger partial charge in [0.15, 0.2) is 11.5 Å². The van der Waals surface area contributed by atoms with E-state index >= 15 is 0 Å². The average Bonchev–Trinajstić information content (AvgIpc) is 3.99. The zero-order valence-corrected chi connectivity index (χ0v) is 32.8. The summed E-state index contributed by atoms with van der Waals surface area (Å²) in [5, 5.41) is 38.7. The molecule has 0 unspecified atom stereocenters. The molecule has 6 N–H and O–H groups in total. The number of unbranched alkanes of at least 4 members (excludes halogenated alkanes) is 1. The quantitative estimate of drug-likeness (QED) is 0.0823. The molecule has 7 rings (SSSR count). The molecule has 4 aliphatic carbocycles. The molecule has 0 bridgehead atoms. The highest BCUT2D eigenvalue weighted by molar-refractivity contribution is 5.42. The minimum atomic E-state index is -0.358. The molecule has 1 aromatic carbocycles. The molecule has 2 aromatic heterocycles. The number of fused-ring (bicyclic) bond motifs is 3. The van der Waals surface area contributed by atoms with E-state index in [0.29, 0.717) is 36.2 Å². The number of phenolic OH excluding ortho intramolecular Hbond substituents is 1. The maximum Gasteiger partial charge on any atom is 0.161 e. The molecule has 0 aliphatic heterocycles. The van der Waals surface area contributed by atoms with Crippen LogP contribution in [0.1, 0.15) is 156 Å². The van der Waals surface area contributed by atoms with E-state index in [-0.39, 0.29) is 30.0 Å². The van der Waals surface area contributed by atoms with E-state index < -0.39 is 0 Å². The summed E-state index contributed by atoms with van der Waals surface area (Å²) in [7, 11) is 0. The summed E-state index contributed by atoms with van der Waals surface area (Å²) in [5.41, 5.74) is 6.50. The van der Waals surface area contributed by atoms with Crippen molar-refractivity contribution in [3.63, 3.8) is 0 Å². The van der Waals surface area contributed by atoms with Crippen LogP contribution in [0.15, 0.2) is 34.7 Å². The molecule has 8 nitrogen and oxygen atoms in total. The highest BCUT2D eigenvalue weighted by Gasteiger charge is 2.51. The van der Waals surface area contributed by atoms with Gasteiger partial charge in [0, 0.05) is 54.3 Å². The van der Waals surface area contributed by atoms with Gasteiger partial charge in [-0.15, -0.1) is 0 Å². The number of aliphatic hydroxyl groups is 2. The Kier molecular flexibility index (Phi) is 12.3. The number of aromatic hydroxyl groups is 1. The minimum absolute atomic E-state index is 0.000297. The van der Waals surface area contributed by atoms with E-state index in [1.807, 2.05) is 25.1 Å². The van der Waals surface area contributed by atoms with Crippen LogP contribution in [0.5, 0.6) is 11.5 Å². The number of nitrogens with one attached hydrogen (secondary N) is 3. The van der Waals surface area contributed by atoms with Gasteiger partial charge in [-0.05, 0) is 124 Å². The van der Waals surface area contributed by atoms with E-state index in [2.05, 4.69) is 35.5 Å². The summed E-state index contributed by atoms with van der Waals surface area (Å²) in [6, 6.07) is 10.1. The van der Waals surface area contributed by atoms with Crippen LogP contribution in [0.4, 0.5) is 0 Å². The highest BCUT2D eigenvalue weighted by Crippen LogP contribution is 2.60. The van der Waals surface area contributed by atoms with Gasteiger partial charge in [-0.1, -0.05) is 51.5 Å². The van der Waals surface area contributed by atoms with Crippen molar-refractivity contribution in [2.75, 3.05) is 19.7 Å². The maximum atomic E-state index is 11.0. The lowest BCUT2D eigenvalue weighted by Crippen LogP contribution is -2.44. The number of H-pyrrole nitrogens is 1. The molecule has 0 radical (unpaired) electrons. The van der Waals surface area contributed by atoms with Gasteiger partial charge in [0.2, 0.25) is 0 Å². The number of furan rings is 1. The summed E-state index contributed by atoms with van der Waals surface area (Å²) in [4.78, 5) is 4.05. The van der Waals surface area contributed by atoms with Crippen molar-refractivity contribution in [1.82, 2.24) is 15.6 Å². The second kappa shape index (κ2) is 16.9. The molecular formula is C45H67N3O5. The number of ether oxygens (including phenoxy) is 1. The Morgan fingerprint density at radius 1 is 1.00 bits per heavy atom. The predicted molar refractivity (Wildman–Crippen MR) is 211 cm³/mol. The first-order valence-corrected chi connectivity index (χ1v) is 21.2. The second-order valence-electron chi connectivity index (χ2n) is 17.7. The van der Waals surface area contributed by atoms with Gasteiger partial charge in [0.25, 0.3) is 0 Å². The topological polar surface area (TPSA) is 123 Å². The number of rotatable bonds is 17. The SMILES string of the molecule is CCCCc1oc(CCc2ccc(O)c(OC[C@H](NC3(C)CCCC3)c3cc4c([nH]3)CC3(CCCC3)[C@H]3CCC[C@H]3[C@@H]4CNC[C@H](C)O)c2)cc1CO. The van der Waals surface area contributed by atoms with Crippen molar-refractivity contribution in [3.05, 3.63) is 69.9 Å². The third-order valence-corrected chi connectivity index (χ3v) is 13.7. The first-order chi connectivity index (χ1) is 25.7. The number of aliphatic hydroxyl groups excluding tert-OH is 2. The van der Waals surface area contributed by atoms with Gasteiger partial charge < -0.3 is 40.1 Å². The Balaban J connectivity index is 1.13. The lowest BCUT2D eigenvalue weighted by molar-refractivity contribution is 0.116. The fourth-order valence-electron chi connectivity index (χ4n) is 11.0. The molecule has 2 heterocycles. The summed E-state index contributed by atoms with van der Waals surface area (Å²) in [6.07, 6.45) is 19.4. The zero-order valence-electron chi connectivity index (χ0n) is 32.8. The summed E-state index contributed by atoms with van der Waals surface area (Å²) >= 11 is 0. The van der Waals surface area contributed by atoms with Crippen LogP contribution in [0, 0.1) is 17.3 Å². The number of hydrogen-bond donors (Lipinski definition) is 6. The largest absolute Gasteiger partial charge is 0.504 e. The Hall–Kier alpha value is -2.78. The third-order valence-electron chi connectivity index (χ3n) is 13.7. The molecule has 3 fully saturated rings. The lowest BCUT2D eigenvalue weighted by atomic mass is 9.66. The van der Waals surface area contributed by atoms with Crippen molar-refractivity contribution in [1.29, 1.82) is 0 Å². The maximum absolute atomic E-state index is 11.0. The molecule has 0 amide bonds. The minimum Gasteiger partial charge on any atom is -0.504 e. The molecule has 3 saturated carbocycles. The molecule has 292 valence electrons. The molecule has 1 spiro atoms. The Morgan fingerprint density at radius 2 is 1.79 bits per heavy atom. The smallest absolute Gasteiger partial charge is 0.161 e. The van der Waals surface area contributed by atoms with Gasteiger partial charge in [-0.2, -0.15) is 0 Å². The van der Waals surface area contributed by atoms with E-state index in [4.69, 9.17) is 9.15 Å². The lowest BCUT2D eigenvalue weighted by Gasteiger charge is -2.39. The van der Waals surface area contributed by atoms with E-state index in [0.717, 1.165) is 86.5 Å². The zero-order chi connectivity index (χ0) is 37.0. The number of phenols is 1. The van der Waals surface area contributed by atoms with Crippen molar-refractivity contribution in [2.24, 2.45) is 17.3 Å². The van der Waals surface area contributed by atoms with Gasteiger partial charge in [0.05, 0.1) is 18.8 Å². The highest BCUT2D eigenvalue weighted by atomic mass is 16.5. The molecular weight excluding hydrogens is 663 g/mol. The van der Waals surface area contributed by atoms with E-state index in [9.17, 15) is 15.3 Å². The summed E-state index contributed by atoms with van der Waals surface area (Å²) in [5.74, 6) is 4.34.